The largest absolute Gasteiger partial charge is 0.312 e. The summed E-state index contributed by atoms with van der Waals surface area (Å²) in [6.45, 7) is 0. The summed E-state index contributed by atoms with van der Waals surface area (Å²) in [5.74, 6) is 0.0531. The van der Waals surface area contributed by atoms with Crippen LogP contribution in [0.25, 0.3) is 0 Å². The molecule has 0 aliphatic rings. The topological polar surface area (TPSA) is 46.2 Å². The quantitative estimate of drug-likeness (QED) is 0.911. The van der Waals surface area contributed by atoms with Gasteiger partial charge in [0.15, 0.2) is 9.84 Å². The summed E-state index contributed by atoms with van der Waals surface area (Å²) >= 11 is 0. The van der Waals surface area contributed by atoms with Crippen molar-refractivity contribution in [2.24, 2.45) is 0 Å². The number of hydrogen-bond acceptors (Lipinski definition) is 3. The van der Waals surface area contributed by atoms with Crippen LogP contribution in [0.4, 0.5) is 0 Å². The Morgan fingerprint density at radius 1 is 0.947 bits per heavy atom. The van der Waals surface area contributed by atoms with Crippen LogP contribution in [0.3, 0.4) is 0 Å². The second-order valence-corrected chi connectivity index (χ2v) is 6.38. The Labute approximate surface area is 114 Å². The molecule has 0 saturated heterocycles. The zero-order valence-electron chi connectivity index (χ0n) is 10.8. The Bertz CT molecular complexity index is 609. The molecule has 0 amide bonds. The predicted molar refractivity (Wildman–Crippen MR) is 76.7 cm³/mol. The van der Waals surface area contributed by atoms with Gasteiger partial charge < -0.3 is 5.32 Å². The van der Waals surface area contributed by atoms with Crippen molar-refractivity contribution in [3.05, 3.63) is 66.2 Å². The third-order valence-electron chi connectivity index (χ3n) is 3.04. The van der Waals surface area contributed by atoms with Gasteiger partial charge in [-0.15, -0.1) is 0 Å². The van der Waals surface area contributed by atoms with Crippen molar-refractivity contribution in [3.63, 3.8) is 0 Å². The van der Waals surface area contributed by atoms with Crippen LogP contribution in [0.15, 0.2) is 65.6 Å². The van der Waals surface area contributed by atoms with Gasteiger partial charge in [0.2, 0.25) is 0 Å². The molecule has 2 aromatic carbocycles. The zero-order chi connectivity index (χ0) is 13.7. The fraction of sp³-hybridized carbons (Fsp3) is 0.200. The second kappa shape index (κ2) is 5.99. The van der Waals surface area contributed by atoms with Crippen LogP contribution in [-0.4, -0.2) is 21.2 Å². The molecule has 1 unspecified atom stereocenters. The van der Waals surface area contributed by atoms with Gasteiger partial charge in [0.25, 0.3) is 0 Å². The molecule has 0 radical (unpaired) electrons. The number of benzene rings is 2. The van der Waals surface area contributed by atoms with E-state index in [2.05, 4.69) is 5.32 Å². The second-order valence-electron chi connectivity index (χ2n) is 4.35. The average molecular weight is 275 g/mol. The molecule has 1 N–H and O–H groups in total. The number of sulfone groups is 1. The van der Waals surface area contributed by atoms with Gasteiger partial charge in [-0.3, -0.25) is 0 Å². The molecule has 0 saturated carbocycles. The SMILES string of the molecule is CNC(CS(=O)(=O)c1ccccc1)c1ccccc1. The molecule has 19 heavy (non-hydrogen) atoms. The minimum atomic E-state index is -3.28. The van der Waals surface area contributed by atoms with Crippen LogP contribution in [-0.2, 0) is 9.84 Å². The van der Waals surface area contributed by atoms with Gasteiger partial charge >= 0.3 is 0 Å². The molecule has 0 aromatic heterocycles. The summed E-state index contributed by atoms with van der Waals surface area (Å²) in [7, 11) is -1.51. The Morgan fingerprint density at radius 2 is 1.47 bits per heavy atom. The Morgan fingerprint density at radius 3 is 2.00 bits per heavy atom. The lowest BCUT2D eigenvalue weighted by atomic mass is 10.1. The highest BCUT2D eigenvalue weighted by Crippen LogP contribution is 2.19. The van der Waals surface area contributed by atoms with Crippen LogP contribution in [0.1, 0.15) is 11.6 Å². The molecule has 0 aliphatic carbocycles. The van der Waals surface area contributed by atoms with E-state index < -0.39 is 9.84 Å². The van der Waals surface area contributed by atoms with Crippen molar-refractivity contribution in [2.45, 2.75) is 10.9 Å². The third-order valence-corrected chi connectivity index (χ3v) is 4.80. The zero-order valence-corrected chi connectivity index (χ0v) is 11.6. The molecule has 2 aromatic rings. The monoisotopic (exact) mass is 275 g/mol. The molecule has 0 heterocycles. The van der Waals surface area contributed by atoms with Gasteiger partial charge in [-0.05, 0) is 24.7 Å². The van der Waals surface area contributed by atoms with E-state index in [1.807, 2.05) is 36.4 Å². The fourth-order valence-electron chi connectivity index (χ4n) is 1.98. The Kier molecular flexibility index (Phi) is 4.35. The summed E-state index contributed by atoms with van der Waals surface area (Å²) in [6.07, 6.45) is 0. The van der Waals surface area contributed by atoms with Crippen molar-refractivity contribution in [3.8, 4) is 0 Å². The minimum Gasteiger partial charge on any atom is -0.312 e. The smallest absolute Gasteiger partial charge is 0.180 e. The molecule has 0 bridgehead atoms. The molecule has 1 atom stereocenters. The van der Waals surface area contributed by atoms with Gasteiger partial charge in [0, 0.05) is 6.04 Å². The standard InChI is InChI=1S/C15H17NO2S/c1-16-15(13-8-4-2-5-9-13)12-19(17,18)14-10-6-3-7-11-14/h2-11,15-16H,12H2,1H3. The summed E-state index contributed by atoms with van der Waals surface area (Å²) < 4.78 is 24.7. The van der Waals surface area contributed by atoms with Gasteiger partial charge in [-0.1, -0.05) is 48.5 Å². The lowest BCUT2D eigenvalue weighted by Gasteiger charge is -2.16. The summed E-state index contributed by atoms with van der Waals surface area (Å²) in [4.78, 5) is 0.367. The fourth-order valence-corrected chi connectivity index (χ4v) is 3.54. The van der Waals surface area contributed by atoms with Crippen LogP contribution in [0, 0.1) is 0 Å². The van der Waals surface area contributed by atoms with Crippen molar-refractivity contribution >= 4 is 9.84 Å². The van der Waals surface area contributed by atoms with Crippen LogP contribution in [0.5, 0.6) is 0 Å². The van der Waals surface area contributed by atoms with Crippen molar-refractivity contribution in [1.29, 1.82) is 0 Å². The molecule has 0 aliphatic heterocycles. The minimum absolute atomic E-state index is 0.0531. The first-order valence-electron chi connectivity index (χ1n) is 6.13. The van der Waals surface area contributed by atoms with Crippen molar-refractivity contribution in [2.75, 3.05) is 12.8 Å². The van der Waals surface area contributed by atoms with E-state index in [-0.39, 0.29) is 11.8 Å². The molecule has 3 nitrogen and oxygen atoms in total. The average Bonchev–Trinajstić information content (AvgIpc) is 2.47. The van der Waals surface area contributed by atoms with Gasteiger partial charge in [0.1, 0.15) is 0 Å². The lowest BCUT2D eigenvalue weighted by Crippen LogP contribution is -2.25. The Hall–Kier alpha value is -1.65. The van der Waals surface area contributed by atoms with E-state index >= 15 is 0 Å². The van der Waals surface area contributed by atoms with Crippen LogP contribution >= 0.6 is 0 Å². The molecular weight excluding hydrogens is 258 g/mol. The summed E-state index contributed by atoms with van der Waals surface area (Å²) in [5, 5.41) is 3.07. The molecule has 4 heteroatoms. The van der Waals surface area contributed by atoms with E-state index in [1.165, 1.54) is 0 Å². The van der Waals surface area contributed by atoms with Gasteiger partial charge in [0.05, 0.1) is 10.6 Å². The van der Waals surface area contributed by atoms with Gasteiger partial charge in [-0.2, -0.15) is 0 Å². The van der Waals surface area contributed by atoms with E-state index in [4.69, 9.17) is 0 Å². The van der Waals surface area contributed by atoms with Crippen molar-refractivity contribution < 1.29 is 8.42 Å². The predicted octanol–water partition coefficient (Wildman–Crippen LogP) is 2.42. The molecule has 2 rings (SSSR count). The number of nitrogens with one attached hydrogen (secondary N) is 1. The van der Waals surface area contributed by atoms with Crippen molar-refractivity contribution in [1.82, 2.24) is 5.32 Å². The normalized spacial score (nSPS) is 13.1. The maximum absolute atomic E-state index is 12.3. The van der Waals surface area contributed by atoms with E-state index in [9.17, 15) is 8.42 Å². The lowest BCUT2D eigenvalue weighted by molar-refractivity contribution is 0.574. The van der Waals surface area contributed by atoms with Gasteiger partial charge in [-0.25, -0.2) is 8.42 Å². The Balaban J connectivity index is 2.24. The highest BCUT2D eigenvalue weighted by molar-refractivity contribution is 7.91. The van der Waals surface area contributed by atoms with Crippen LogP contribution in [0.2, 0.25) is 0 Å². The van der Waals surface area contributed by atoms with E-state index in [0.717, 1.165) is 5.56 Å². The molecule has 100 valence electrons. The first-order chi connectivity index (χ1) is 9.13. The highest BCUT2D eigenvalue weighted by Gasteiger charge is 2.21. The molecular formula is C15H17NO2S. The first-order valence-corrected chi connectivity index (χ1v) is 7.79. The number of hydrogen-bond donors (Lipinski definition) is 1. The van der Waals surface area contributed by atoms with E-state index in [0.29, 0.717) is 4.90 Å². The third kappa shape index (κ3) is 3.43. The van der Waals surface area contributed by atoms with E-state index in [1.54, 1.807) is 31.3 Å². The highest BCUT2D eigenvalue weighted by atomic mass is 32.2. The molecule has 0 fully saturated rings. The summed E-state index contributed by atoms with van der Waals surface area (Å²) in [6, 6.07) is 18.0. The first kappa shape index (κ1) is 13.8. The molecule has 0 spiro atoms. The maximum atomic E-state index is 12.3. The summed E-state index contributed by atoms with van der Waals surface area (Å²) in [5.41, 5.74) is 0.976. The number of rotatable bonds is 5. The maximum Gasteiger partial charge on any atom is 0.180 e. The van der Waals surface area contributed by atoms with Crippen LogP contribution < -0.4 is 5.32 Å².